The van der Waals surface area contributed by atoms with Gasteiger partial charge in [0.2, 0.25) is 11.8 Å². The van der Waals surface area contributed by atoms with E-state index in [1.165, 1.54) is 16.5 Å². The van der Waals surface area contributed by atoms with Crippen molar-refractivity contribution in [2.75, 3.05) is 20.1 Å². The summed E-state index contributed by atoms with van der Waals surface area (Å²) in [5.74, 6) is 1.26. The first-order valence-corrected chi connectivity index (χ1v) is 8.79. The van der Waals surface area contributed by atoms with Crippen molar-refractivity contribution < 1.29 is 9.15 Å². The predicted molar refractivity (Wildman–Crippen MR) is 95.4 cm³/mol. The lowest BCUT2D eigenvalue weighted by molar-refractivity contribution is -0.0825. The van der Waals surface area contributed by atoms with Crippen LogP contribution in [-0.4, -0.2) is 45.9 Å². The van der Waals surface area contributed by atoms with Crippen LogP contribution in [0, 0.1) is 0 Å². The Kier molecular flexibility index (Phi) is 4.31. The second-order valence-electron chi connectivity index (χ2n) is 6.97. The number of morpholine rings is 1. The van der Waals surface area contributed by atoms with Crippen molar-refractivity contribution in [3.8, 4) is 0 Å². The Hall–Kier alpha value is -2.18. The molecule has 132 valence electrons. The number of hydrogen-bond donors (Lipinski definition) is 0. The number of hydrogen-bond acceptors (Lipinski definition) is 5. The molecule has 2 atom stereocenters. The van der Waals surface area contributed by atoms with Gasteiger partial charge in [0.15, 0.2) is 0 Å². The number of benzene rings is 1. The van der Waals surface area contributed by atoms with Gasteiger partial charge in [0.05, 0.1) is 6.10 Å². The maximum atomic E-state index is 5.94. The number of nitrogens with zero attached hydrogens (tertiary/aromatic N) is 4. The molecule has 4 rings (SSSR count). The van der Waals surface area contributed by atoms with E-state index in [4.69, 9.17) is 9.15 Å². The normalized spacial score (nSPS) is 21.9. The standard InChI is InChI=1S/C19H24N4O2/c1-13-10-22(2)12-17(24-13)19-21-20-18(25-19)9-8-14-11-23(3)16-7-5-4-6-15(14)16/h4-7,11,13,17H,8-10,12H2,1-3H3/t13-,17-/m1/s1. The minimum Gasteiger partial charge on any atom is -0.422 e. The minimum absolute atomic E-state index is 0.132. The molecule has 2 aromatic heterocycles. The van der Waals surface area contributed by atoms with Crippen LogP contribution >= 0.6 is 0 Å². The maximum Gasteiger partial charge on any atom is 0.246 e. The Morgan fingerprint density at radius 3 is 2.80 bits per heavy atom. The average molecular weight is 340 g/mol. The fourth-order valence-corrected chi connectivity index (χ4v) is 3.66. The summed E-state index contributed by atoms with van der Waals surface area (Å²) < 4.78 is 14.0. The molecular weight excluding hydrogens is 316 g/mol. The van der Waals surface area contributed by atoms with Crippen LogP contribution in [0.4, 0.5) is 0 Å². The molecule has 1 aliphatic rings. The van der Waals surface area contributed by atoms with Gasteiger partial charge in [-0.2, -0.15) is 0 Å². The second-order valence-corrected chi connectivity index (χ2v) is 6.97. The lowest BCUT2D eigenvalue weighted by Crippen LogP contribution is -2.40. The average Bonchev–Trinajstić information content (AvgIpc) is 3.18. The van der Waals surface area contributed by atoms with Gasteiger partial charge in [-0.1, -0.05) is 18.2 Å². The third kappa shape index (κ3) is 3.32. The number of fused-ring (bicyclic) bond motifs is 1. The highest BCUT2D eigenvalue weighted by atomic mass is 16.5. The number of para-hydroxylation sites is 1. The number of ether oxygens (including phenoxy) is 1. The van der Waals surface area contributed by atoms with Crippen molar-refractivity contribution in [1.29, 1.82) is 0 Å². The first-order chi connectivity index (χ1) is 12.1. The zero-order valence-corrected chi connectivity index (χ0v) is 15.0. The van der Waals surface area contributed by atoms with Crippen molar-refractivity contribution in [2.45, 2.75) is 32.0 Å². The summed E-state index contributed by atoms with van der Waals surface area (Å²) in [5.41, 5.74) is 2.55. The smallest absolute Gasteiger partial charge is 0.246 e. The molecular formula is C19H24N4O2. The van der Waals surface area contributed by atoms with Gasteiger partial charge in [-0.3, -0.25) is 0 Å². The van der Waals surface area contributed by atoms with Gasteiger partial charge in [-0.15, -0.1) is 10.2 Å². The molecule has 0 amide bonds. The molecule has 0 unspecified atom stereocenters. The monoisotopic (exact) mass is 340 g/mol. The molecule has 0 bridgehead atoms. The Balaban J connectivity index is 1.46. The van der Waals surface area contributed by atoms with Crippen LogP contribution in [0.25, 0.3) is 10.9 Å². The van der Waals surface area contributed by atoms with E-state index in [9.17, 15) is 0 Å². The number of aromatic nitrogens is 3. The summed E-state index contributed by atoms with van der Waals surface area (Å²) in [7, 11) is 4.17. The number of rotatable bonds is 4. The van der Waals surface area contributed by atoms with Crippen LogP contribution in [0.3, 0.4) is 0 Å². The summed E-state index contributed by atoms with van der Waals surface area (Å²) in [6.07, 6.45) is 3.84. The fourth-order valence-electron chi connectivity index (χ4n) is 3.66. The van der Waals surface area contributed by atoms with Gasteiger partial charge in [-0.25, -0.2) is 0 Å². The third-order valence-corrected chi connectivity index (χ3v) is 4.79. The molecule has 3 aromatic rings. The quantitative estimate of drug-likeness (QED) is 0.731. The van der Waals surface area contributed by atoms with E-state index >= 15 is 0 Å². The largest absolute Gasteiger partial charge is 0.422 e. The molecule has 0 saturated carbocycles. The molecule has 25 heavy (non-hydrogen) atoms. The minimum atomic E-state index is -0.132. The highest BCUT2D eigenvalue weighted by Crippen LogP contribution is 2.25. The highest BCUT2D eigenvalue weighted by Gasteiger charge is 2.28. The molecule has 1 aromatic carbocycles. The molecule has 1 fully saturated rings. The SMILES string of the molecule is C[C@@H]1CN(C)C[C@H](c2nnc(CCc3cn(C)c4ccccc34)o2)O1. The van der Waals surface area contributed by atoms with Crippen LogP contribution in [0.1, 0.15) is 30.4 Å². The van der Waals surface area contributed by atoms with E-state index in [1.807, 2.05) is 0 Å². The van der Waals surface area contributed by atoms with Crippen molar-refractivity contribution in [1.82, 2.24) is 19.7 Å². The Labute approximate surface area is 147 Å². The third-order valence-electron chi connectivity index (χ3n) is 4.79. The van der Waals surface area contributed by atoms with Crippen LogP contribution in [0.5, 0.6) is 0 Å². The predicted octanol–water partition coefficient (Wildman–Crippen LogP) is 2.74. The van der Waals surface area contributed by atoms with Crippen molar-refractivity contribution in [2.24, 2.45) is 7.05 Å². The maximum absolute atomic E-state index is 5.94. The summed E-state index contributed by atoms with van der Waals surface area (Å²) in [4.78, 5) is 2.23. The summed E-state index contributed by atoms with van der Waals surface area (Å²) >= 11 is 0. The zero-order chi connectivity index (χ0) is 17.4. The summed E-state index contributed by atoms with van der Waals surface area (Å²) in [6.45, 7) is 3.79. The molecule has 6 heteroatoms. The van der Waals surface area contributed by atoms with Gasteiger partial charge in [0.1, 0.15) is 6.10 Å². The molecule has 1 aliphatic heterocycles. The van der Waals surface area contributed by atoms with Crippen LogP contribution in [0.2, 0.25) is 0 Å². The molecule has 6 nitrogen and oxygen atoms in total. The van der Waals surface area contributed by atoms with Gasteiger partial charge < -0.3 is 18.6 Å². The van der Waals surface area contributed by atoms with E-state index in [0.29, 0.717) is 11.8 Å². The zero-order valence-electron chi connectivity index (χ0n) is 15.0. The molecule has 3 heterocycles. The van der Waals surface area contributed by atoms with Crippen molar-refractivity contribution in [3.05, 3.63) is 47.8 Å². The number of likely N-dealkylation sites (N-methyl/N-ethyl adjacent to an activating group) is 1. The molecule has 1 saturated heterocycles. The van der Waals surface area contributed by atoms with E-state index in [0.717, 1.165) is 25.9 Å². The van der Waals surface area contributed by atoms with E-state index in [-0.39, 0.29) is 12.2 Å². The van der Waals surface area contributed by atoms with E-state index in [1.54, 1.807) is 0 Å². The topological polar surface area (TPSA) is 56.3 Å². The van der Waals surface area contributed by atoms with Gasteiger partial charge >= 0.3 is 0 Å². The second kappa shape index (κ2) is 6.61. The van der Waals surface area contributed by atoms with E-state index in [2.05, 4.69) is 71.1 Å². The summed E-state index contributed by atoms with van der Waals surface area (Å²) in [5, 5.41) is 9.72. The summed E-state index contributed by atoms with van der Waals surface area (Å²) in [6, 6.07) is 8.45. The van der Waals surface area contributed by atoms with Gasteiger partial charge in [0, 0.05) is 43.7 Å². The van der Waals surface area contributed by atoms with Crippen LogP contribution in [0.15, 0.2) is 34.9 Å². The van der Waals surface area contributed by atoms with Crippen molar-refractivity contribution in [3.63, 3.8) is 0 Å². The Morgan fingerprint density at radius 1 is 1.12 bits per heavy atom. The molecule has 0 spiro atoms. The fraction of sp³-hybridized carbons (Fsp3) is 0.474. The molecule has 0 radical (unpaired) electrons. The highest BCUT2D eigenvalue weighted by molar-refractivity contribution is 5.83. The first kappa shape index (κ1) is 16.3. The van der Waals surface area contributed by atoms with Crippen LogP contribution in [-0.2, 0) is 24.6 Å². The lowest BCUT2D eigenvalue weighted by Gasteiger charge is -2.32. The molecule has 0 N–H and O–H groups in total. The number of aryl methyl sites for hydroxylation is 3. The van der Waals surface area contributed by atoms with Gasteiger partial charge in [0.25, 0.3) is 0 Å². The Morgan fingerprint density at radius 2 is 1.96 bits per heavy atom. The molecule has 0 aliphatic carbocycles. The van der Waals surface area contributed by atoms with Gasteiger partial charge in [-0.05, 0) is 32.0 Å². The first-order valence-electron chi connectivity index (χ1n) is 8.79. The van der Waals surface area contributed by atoms with E-state index < -0.39 is 0 Å². The van der Waals surface area contributed by atoms with Crippen molar-refractivity contribution >= 4 is 10.9 Å². The van der Waals surface area contributed by atoms with Crippen LogP contribution < -0.4 is 0 Å². The lowest BCUT2D eigenvalue weighted by atomic mass is 10.1. The Bertz CT molecular complexity index is 859.